The lowest BCUT2D eigenvalue weighted by Gasteiger charge is -2.37. The highest BCUT2D eigenvalue weighted by atomic mass is 79.9. The van der Waals surface area contributed by atoms with Crippen molar-refractivity contribution in [1.82, 2.24) is 0 Å². The van der Waals surface area contributed by atoms with Crippen LogP contribution in [0.15, 0.2) is 30.3 Å². The number of quaternary nitrogens is 1. The van der Waals surface area contributed by atoms with Crippen molar-refractivity contribution in [3.63, 3.8) is 0 Å². The number of nitrogens with zero attached hydrogens (tertiary/aromatic N) is 1. The van der Waals surface area contributed by atoms with Crippen LogP contribution >= 0.6 is 11.6 Å². The smallest absolute Gasteiger partial charge is 0.105 e. The average molecular weight is 353 g/mol. The molecule has 1 fully saturated rings. The predicted octanol–water partition coefficient (Wildman–Crippen LogP) is 1.51. The molecule has 2 aliphatic heterocycles. The van der Waals surface area contributed by atoms with Crippen LogP contribution in [-0.4, -0.2) is 17.6 Å². The summed E-state index contributed by atoms with van der Waals surface area (Å²) in [6.45, 7) is 5.21. The first-order valence-corrected chi connectivity index (χ1v) is 7.68. The number of piperidine rings is 1. The van der Waals surface area contributed by atoms with E-state index in [1.165, 1.54) is 60.7 Å². The Kier molecular flexibility index (Phi) is 3.83. The van der Waals surface area contributed by atoms with Gasteiger partial charge in [-0.05, 0) is 54.3 Å². The van der Waals surface area contributed by atoms with Crippen LogP contribution in [-0.2, 0) is 13.1 Å². The van der Waals surface area contributed by atoms with E-state index in [4.69, 9.17) is 11.6 Å². The molecule has 0 amide bonds. The molecule has 1 saturated heterocycles. The van der Waals surface area contributed by atoms with Gasteiger partial charge in [0.05, 0.1) is 13.1 Å². The average Bonchev–Trinajstić information content (AvgIpc) is 2.73. The summed E-state index contributed by atoms with van der Waals surface area (Å²) in [6, 6.07) is 11.0. The fraction of sp³-hybridized carbons (Fsp3) is 0.412. The van der Waals surface area contributed by atoms with Gasteiger partial charge in [0.15, 0.2) is 0 Å². The van der Waals surface area contributed by atoms with E-state index < -0.39 is 0 Å². The van der Waals surface area contributed by atoms with Crippen LogP contribution in [0, 0.1) is 0 Å². The van der Waals surface area contributed by atoms with Crippen LogP contribution in [0.3, 0.4) is 0 Å². The minimum Gasteiger partial charge on any atom is -1.00 e. The molecule has 0 atom stereocenters. The molecule has 0 aliphatic carbocycles. The van der Waals surface area contributed by atoms with Crippen LogP contribution in [0.2, 0.25) is 5.02 Å². The number of fused-ring (bicyclic) bond motifs is 2. The second kappa shape index (κ2) is 5.32. The fourth-order valence-electron chi connectivity index (χ4n) is 3.94. The van der Waals surface area contributed by atoms with E-state index in [-0.39, 0.29) is 17.0 Å². The van der Waals surface area contributed by atoms with Gasteiger partial charge in [-0.2, -0.15) is 0 Å². The largest absolute Gasteiger partial charge is 1.00 e. The number of hydrogen-bond donors (Lipinski definition) is 0. The maximum atomic E-state index is 6.11. The Hall–Kier alpha value is -0.570. The Morgan fingerprint density at radius 3 is 2.15 bits per heavy atom. The lowest BCUT2D eigenvalue weighted by atomic mass is 10.0. The zero-order chi connectivity index (χ0) is 12.9. The number of halogens is 2. The highest BCUT2D eigenvalue weighted by Crippen LogP contribution is 2.36. The van der Waals surface area contributed by atoms with Gasteiger partial charge >= 0.3 is 0 Å². The summed E-state index contributed by atoms with van der Waals surface area (Å²) >= 11 is 6.11. The SMILES string of the molecule is Clc1ccc2cc3c(cc2c1)C[N+]1(CCCCC1)C3.[Br-]. The lowest BCUT2D eigenvalue weighted by molar-refractivity contribution is -0.951. The van der Waals surface area contributed by atoms with Gasteiger partial charge in [0.25, 0.3) is 0 Å². The first kappa shape index (κ1) is 14.4. The summed E-state index contributed by atoms with van der Waals surface area (Å²) < 4.78 is 1.30. The van der Waals surface area contributed by atoms with Crippen molar-refractivity contribution < 1.29 is 21.5 Å². The first-order chi connectivity index (χ1) is 9.24. The maximum absolute atomic E-state index is 6.11. The summed E-state index contributed by atoms with van der Waals surface area (Å²) in [5.41, 5.74) is 3.12. The van der Waals surface area contributed by atoms with Crippen LogP contribution in [0.25, 0.3) is 10.8 Å². The molecule has 0 radical (unpaired) electrons. The summed E-state index contributed by atoms with van der Waals surface area (Å²) in [4.78, 5) is 0. The molecular weight excluding hydrogens is 334 g/mol. The molecule has 2 heterocycles. The molecule has 2 aliphatic rings. The van der Waals surface area contributed by atoms with Crippen molar-refractivity contribution in [3.8, 4) is 0 Å². The van der Waals surface area contributed by atoms with Crippen LogP contribution in [0.4, 0.5) is 0 Å². The molecule has 4 rings (SSSR count). The highest BCUT2D eigenvalue weighted by Gasteiger charge is 2.36. The third-order valence-electron chi connectivity index (χ3n) is 4.90. The summed E-state index contributed by atoms with van der Waals surface area (Å²) in [5, 5.41) is 3.47. The molecule has 106 valence electrons. The van der Waals surface area contributed by atoms with Gasteiger partial charge in [0.1, 0.15) is 13.1 Å². The van der Waals surface area contributed by atoms with E-state index in [1.54, 1.807) is 11.1 Å². The topological polar surface area (TPSA) is 0 Å². The molecule has 0 saturated carbocycles. The maximum Gasteiger partial charge on any atom is 0.105 e. The molecule has 0 unspecified atom stereocenters. The molecule has 0 bridgehead atoms. The van der Waals surface area contributed by atoms with Gasteiger partial charge in [0.2, 0.25) is 0 Å². The van der Waals surface area contributed by atoms with Gasteiger partial charge in [0, 0.05) is 16.1 Å². The first-order valence-electron chi connectivity index (χ1n) is 7.30. The minimum absolute atomic E-state index is 0. The van der Waals surface area contributed by atoms with Crippen molar-refractivity contribution >= 4 is 22.4 Å². The van der Waals surface area contributed by atoms with E-state index in [0.717, 1.165) is 5.02 Å². The van der Waals surface area contributed by atoms with Gasteiger partial charge in [-0.1, -0.05) is 17.7 Å². The van der Waals surface area contributed by atoms with Crippen molar-refractivity contribution in [3.05, 3.63) is 46.5 Å². The minimum atomic E-state index is 0. The van der Waals surface area contributed by atoms with E-state index >= 15 is 0 Å². The quantitative estimate of drug-likeness (QED) is 0.631. The van der Waals surface area contributed by atoms with Crippen LogP contribution < -0.4 is 17.0 Å². The van der Waals surface area contributed by atoms with E-state index in [2.05, 4.69) is 24.3 Å². The number of hydrogen-bond acceptors (Lipinski definition) is 0. The zero-order valence-electron chi connectivity index (χ0n) is 11.5. The zero-order valence-corrected chi connectivity index (χ0v) is 13.9. The van der Waals surface area contributed by atoms with Gasteiger partial charge < -0.3 is 21.5 Å². The monoisotopic (exact) mass is 351 g/mol. The fourth-order valence-corrected chi connectivity index (χ4v) is 4.12. The molecule has 1 nitrogen and oxygen atoms in total. The van der Waals surface area contributed by atoms with Crippen molar-refractivity contribution in [2.75, 3.05) is 13.1 Å². The molecule has 3 heteroatoms. The van der Waals surface area contributed by atoms with Crippen molar-refractivity contribution in [2.24, 2.45) is 0 Å². The molecule has 0 aromatic heterocycles. The summed E-state index contributed by atoms with van der Waals surface area (Å²) in [5.74, 6) is 0. The second-order valence-electron chi connectivity index (χ2n) is 6.28. The predicted molar refractivity (Wildman–Crippen MR) is 80.2 cm³/mol. The van der Waals surface area contributed by atoms with Gasteiger partial charge in [-0.3, -0.25) is 0 Å². The molecule has 20 heavy (non-hydrogen) atoms. The molecular formula is C17H19BrClN. The third kappa shape index (κ3) is 2.38. The van der Waals surface area contributed by atoms with Gasteiger partial charge in [-0.25, -0.2) is 0 Å². The lowest BCUT2D eigenvalue weighted by Crippen LogP contribution is -3.00. The molecule has 0 N–H and O–H groups in total. The Bertz CT molecular complexity index is 647. The second-order valence-corrected chi connectivity index (χ2v) is 6.71. The van der Waals surface area contributed by atoms with E-state index in [9.17, 15) is 0 Å². The number of rotatable bonds is 0. The van der Waals surface area contributed by atoms with E-state index in [0.29, 0.717) is 0 Å². The molecule has 2 aromatic carbocycles. The standard InChI is InChI=1S/C17H19ClN.BrH/c18-17-5-4-13-8-15-11-19(6-2-1-3-7-19)12-16(15)9-14(13)10-17;/h4-5,8-10H,1-3,6-7,11-12H2;1H/q+1;/p-1. The van der Waals surface area contributed by atoms with E-state index in [1.807, 2.05) is 6.07 Å². The molecule has 1 spiro atoms. The Labute approximate surface area is 135 Å². The Morgan fingerprint density at radius 1 is 0.800 bits per heavy atom. The highest BCUT2D eigenvalue weighted by molar-refractivity contribution is 6.31. The Morgan fingerprint density at radius 2 is 1.45 bits per heavy atom. The summed E-state index contributed by atoms with van der Waals surface area (Å²) in [7, 11) is 0. The van der Waals surface area contributed by atoms with Crippen LogP contribution in [0.5, 0.6) is 0 Å². The van der Waals surface area contributed by atoms with Crippen molar-refractivity contribution in [2.45, 2.75) is 32.4 Å². The third-order valence-corrected chi connectivity index (χ3v) is 5.13. The number of benzene rings is 2. The van der Waals surface area contributed by atoms with Crippen LogP contribution in [0.1, 0.15) is 30.4 Å². The molecule has 2 aromatic rings. The van der Waals surface area contributed by atoms with Gasteiger partial charge in [-0.15, -0.1) is 0 Å². The Balaban J connectivity index is 0.00000121. The summed E-state index contributed by atoms with van der Waals surface area (Å²) in [6.07, 6.45) is 4.23. The van der Waals surface area contributed by atoms with Crippen molar-refractivity contribution in [1.29, 1.82) is 0 Å². The normalized spacial score (nSPS) is 19.9.